The van der Waals surface area contributed by atoms with Crippen LogP contribution < -0.4 is 16.0 Å². The number of aromatic carboxylic acids is 1. The zero-order valence-corrected chi connectivity index (χ0v) is 18.5. The number of carboxylic acids is 1. The molecule has 11 heteroatoms. The molecular formula is C24H16ClF2N5O3. The minimum atomic E-state index is -1.40. The average molecular weight is 496 g/mol. The Hall–Kier alpha value is -4.57. The summed E-state index contributed by atoms with van der Waals surface area (Å²) in [6, 6.07) is 16.4. The molecule has 176 valence electrons. The quantitative estimate of drug-likeness (QED) is 0.254. The first kappa shape index (κ1) is 23.6. The lowest BCUT2D eigenvalue weighted by atomic mass is 10.2. The van der Waals surface area contributed by atoms with E-state index >= 15 is 0 Å². The van der Waals surface area contributed by atoms with Crippen molar-refractivity contribution < 1.29 is 23.5 Å². The van der Waals surface area contributed by atoms with Gasteiger partial charge in [0, 0.05) is 16.9 Å². The zero-order valence-electron chi connectivity index (χ0n) is 17.7. The molecule has 0 aliphatic carbocycles. The van der Waals surface area contributed by atoms with Crippen molar-refractivity contribution in [3.63, 3.8) is 0 Å². The number of nitrogens with zero attached hydrogens (tertiary/aromatic N) is 2. The van der Waals surface area contributed by atoms with Gasteiger partial charge in [0.25, 0.3) is 5.91 Å². The van der Waals surface area contributed by atoms with Crippen molar-refractivity contribution >= 4 is 52.3 Å². The van der Waals surface area contributed by atoms with Crippen LogP contribution in [0, 0.1) is 11.6 Å². The summed E-state index contributed by atoms with van der Waals surface area (Å²) in [5.41, 5.74) is 0.968. The molecule has 1 heterocycles. The molecule has 4 rings (SSSR count). The molecule has 8 nitrogen and oxygen atoms in total. The fourth-order valence-corrected chi connectivity index (χ4v) is 3.19. The van der Waals surface area contributed by atoms with E-state index in [2.05, 4.69) is 25.9 Å². The minimum absolute atomic E-state index is 0.0490. The monoisotopic (exact) mass is 495 g/mol. The van der Waals surface area contributed by atoms with E-state index in [0.717, 1.165) is 18.3 Å². The van der Waals surface area contributed by atoms with Crippen LogP contribution in [0.1, 0.15) is 20.7 Å². The van der Waals surface area contributed by atoms with Gasteiger partial charge < -0.3 is 21.1 Å². The number of rotatable bonds is 7. The molecule has 0 atom stereocenters. The van der Waals surface area contributed by atoms with Gasteiger partial charge in [-0.1, -0.05) is 23.7 Å². The maximum absolute atomic E-state index is 14.3. The van der Waals surface area contributed by atoms with Crippen molar-refractivity contribution in [3.8, 4) is 0 Å². The molecule has 3 aromatic carbocycles. The smallest absolute Gasteiger partial charge is 0.338 e. The second-order valence-corrected chi connectivity index (χ2v) is 7.56. The number of aromatic nitrogens is 2. The van der Waals surface area contributed by atoms with Gasteiger partial charge in [-0.05, 0) is 54.6 Å². The maximum Gasteiger partial charge on any atom is 0.338 e. The number of nitrogens with one attached hydrogen (secondary N) is 3. The third-order valence-corrected chi connectivity index (χ3v) is 5.06. The molecule has 0 fully saturated rings. The Morgan fingerprint density at radius 2 is 1.60 bits per heavy atom. The lowest BCUT2D eigenvalue weighted by molar-refractivity contribution is 0.0691. The topological polar surface area (TPSA) is 116 Å². The number of carboxylic acid groups (broad SMARTS) is 1. The van der Waals surface area contributed by atoms with Crippen LogP contribution in [0.4, 0.5) is 37.6 Å². The van der Waals surface area contributed by atoms with E-state index in [1.54, 1.807) is 48.5 Å². The van der Waals surface area contributed by atoms with E-state index in [4.69, 9.17) is 16.7 Å². The van der Waals surface area contributed by atoms with Gasteiger partial charge in [0.15, 0.2) is 11.6 Å². The van der Waals surface area contributed by atoms with Gasteiger partial charge >= 0.3 is 5.97 Å². The fourth-order valence-electron chi connectivity index (χ4n) is 3.01. The van der Waals surface area contributed by atoms with Gasteiger partial charge in [-0.15, -0.1) is 0 Å². The van der Waals surface area contributed by atoms with Crippen molar-refractivity contribution in [3.05, 3.63) is 101 Å². The third-order valence-electron chi connectivity index (χ3n) is 4.73. The molecule has 0 saturated heterocycles. The van der Waals surface area contributed by atoms with Crippen molar-refractivity contribution in [1.82, 2.24) is 9.97 Å². The van der Waals surface area contributed by atoms with Gasteiger partial charge in [-0.2, -0.15) is 4.98 Å². The molecular weight excluding hydrogens is 480 g/mol. The van der Waals surface area contributed by atoms with Gasteiger partial charge in [-0.3, -0.25) is 4.79 Å². The van der Waals surface area contributed by atoms with Crippen LogP contribution in [0.5, 0.6) is 0 Å². The molecule has 0 saturated carbocycles. The first-order chi connectivity index (χ1) is 16.8. The predicted molar refractivity (Wildman–Crippen MR) is 128 cm³/mol. The molecule has 0 aliphatic heterocycles. The fraction of sp³-hybridized carbons (Fsp3) is 0. The zero-order chi connectivity index (χ0) is 24.9. The Kier molecular flexibility index (Phi) is 6.83. The number of halogens is 3. The van der Waals surface area contributed by atoms with Crippen molar-refractivity contribution in [2.75, 3.05) is 16.0 Å². The second kappa shape index (κ2) is 10.1. The Labute approximate surface area is 202 Å². The second-order valence-electron chi connectivity index (χ2n) is 7.15. The average Bonchev–Trinajstić information content (AvgIpc) is 2.83. The number of benzene rings is 3. The standard InChI is InChI=1S/C24H16ClF2N5O3/c25-17-3-1-2-4-20(17)31-22(33)13-5-7-14(8-6-13)29-21-19(27)12-28-24(32-21)30-15-9-10-16(23(34)35)18(26)11-15/h1-12H,(H,31,33)(H,34,35)(H2,28,29,30,32). The molecule has 1 aromatic heterocycles. The Bertz CT molecular complexity index is 1420. The summed E-state index contributed by atoms with van der Waals surface area (Å²) in [6.07, 6.45) is 0.922. The van der Waals surface area contributed by atoms with Crippen LogP contribution in [-0.2, 0) is 0 Å². The number of para-hydroxylation sites is 1. The number of anilines is 5. The highest BCUT2D eigenvalue weighted by molar-refractivity contribution is 6.33. The molecule has 0 spiro atoms. The number of carbonyl (C=O) groups excluding carboxylic acids is 1. The molecule has 0 unspecified atom stereocenters. The van der Waals surface area contributed by atoms with Crippen LogP contribution in [-0.4, -0.2) is 27.0 Å². The minimum Gasteiger partial charge on any atom is -0.478 e. The third kappa shape index (κ3) is 5.68. The molecule has 0 aliphatic rings. The summed E-state index contributed by atoms with van der Waals surface area (Å²) in [4.78, 5) is 31.2. The Morgan fingerprint density at radius 3 is 2.29 bits per heavy atom. The SMILES string of the molecule is O=C(Nc1ccccc1Cl)c1ccc(Nc2nc(Nc3ccc(C(=O)O)c(F)c3)ncc2F)cc1. The molecule has 1 amide bonds. The molecule has 0 bridgehead atoms. The van der Waals surface area contributed by atoms with Gasteiger partial charge in [0.2, 0.25) is 5.95 Å². The highest BCUT2D eigenvalue weighted by Crippen LogP contribution is 2.24. The van der Waals surface area contributed by atoms with Crippen LogP contribution in [0.2, 0.25) is 5.02 Å². The number of hydrogen-bond acceptors (Lipinski definition) is 6. The van der Waals surface area contributed by atoms with E-state index < -0.39 is 23.2 Å². The highest BCUT2D eigenvalue weighted by Gasteiger charge is 2.13. The van der Waals surface area contributed by atoms with E-state index in [9.17, 15) is 18.4 Å². The number of carbonyl (C=O) groups is 2. The van der Waals surface area contributed by atoms with E-state index in [0.29, 0.717) is 22.0 Å². The summed E-state index contributed by atoms with van der Waals surface area (Å²) >= 11 is 6.06. The molecule has 4 N–H and O–H groups in total. The van der Waals surface area contributed by atoms with Crippen LogP contribution in [0.15, 0.2) is 72.9 Å². The lowest BCUT2D eigenvalue weighted by Crippen LogP contribution is -2.12. The van der Waals surface area contributed by atoms with Gasteiger partial charge in [0.1, 0.15) is 5.82 Å². The van der Waals surface area contributed by atoms with Gasteiger partial charge in [-0.25, -0.2) is 18.6 Å². The van der Waals surface area contributed by atoms with Crippen molar-refractivity contribution in [2.24, 2.45) is 0 Å². The van der Waals surface area contributed by atoms with E-state index in [1.165, 1.54) is 6.07 Å². The summed E-state index contributed by atoms with van der Waals surface area (Å²) in [5.74, 6) is -3.67. The predicted octanol–water partition coefficient (Wildman–Crippen LogP) is 5.85. The summed E-state index contributed by atoms with van der Waals surface area (Å²) in [7, 11) is 0. The van der Waals surface area contributed by atoms with Crippen LogP contribution in [0.3, 0.4) is 0 Å². The first-order valence-electron chi connectivity index (χ1n) is 10.1. The Morgan fingerprint density at radius 1 is 0.886 bits per heavy atom. The summed E-state index contributed by atoms with van der Waals surface area (Å²) in [6.45, 7) is 0. The largest absolute Gasteiger partial charge is 0.478 e. The van der Waals surface area contributed by atoms with E-state index in [-0.39, 0.29) is 23.4 Å². The van der Waals surface area contributed by atoms with Crippen molar-refractivity contribution in [1.29, 1.82) is 0 Å². The van der Waals surface area contributed by atoms with Crippen molar-refractivity contribution in [2.45, 2.75) is 0 Å². The first-order valence-corrected chi connectivity index (χ1v) is 10.4. The molecule has 0 radical (unpaired) electrons. The number of amides is 1. The summed E-state index contributed by atoms with van der Waals surface area (Å²) in [5, 5.41) is 17.5. The lowest BCUT2D eigenvalue weighted by Gasteiger charge is -2.11. The molecule has 4 aromatic rings. The van der Waals surface area contributed by atoms with Crippen LogP contribution in [0.25, 0.3) is 0 Å². The van der Waals surface area contributed by atoms with E-state index in [1.807, 2.05) is 0 Å². The number of hydrogen-bond donors (Lipinski definition) is 4. The highest BCUT2D eigenvalue weighted by atomic mass is 35.5. The molecule has 35 heavy (non-hydrogen) atoms. The van der Waals surface area contributed by atoms with Crippen LogP contribution >= 0.6 is 11.6 Å². The van der Waals surface area contributed by atoms with Gasteiger partial charge in [0.05, 0.1) is 22.5 Å². The summed E-state index contributed by atoms with van der Waals surface area (Å²) < 4.78 is 28.2. The maximum atomic E-state index is 14.3. The Balaban J connectivity index is 1.46. The normalized spacial score (nSPS) is 10.5.